The third-order valence-electron chi connectivity index (χ3n) is 4.13. The Hall–Kier alpha value is -3.22. The van der Waals surface area contributed by atoms with E-state index in [1.807, 2.05) is 35.2 Å². The van der Waals surface area contributed by atoms with Crippen LogP contribution in [0, 0.1) is 5.82 Å². The molecule has 0 atom stereocenters. The molecule has 6 nitrogen and oxygen atoms in total. The molecule has 0 saturated carbocycles. The van der Waals surface area contributed by atoms with Gasteiger partial charge in [-0.25, -0.2) is 14.1 Å². The molecule has 0 spiro atoms. The summed E-state index contributed by atoms with van der Waals surface area (Å²) in [7, 11) is 0. The van der Waals surface area contributed by atoms with E-state index >= 15 is 0 Å². The second-order valence-electron chi connectivity index (χ2n) is 5.80. The third kappa shape index (κ3) is 3.08. The van der Waals surface area contributed by atoms with Gasteiger partial charge >= 0.3 is 0 Å². The quantitative estimate of drug-likeness (QED) is 0.798. The molecule has 0 aliphatic carbocycles. The molecule has 0 fully saturated rings. The Morgan fingerprint density at radius 3 is 2.84 bits per heavy atom. The molecule has 3 aromatic rings. The van der Waals surface area contributed by atoms with Crippen molar-refractivity contribution in [3.63, 3.8) is 0 Å². The van der Waals surface area contributed by atoms with Gasteiger partial charge in [0.1, 0.15) is 12.1 Å². The molecule has 1 aliphatic heterocycles. The second-order valence-corrected chi connectivity index (χ2v) is 5.80. The van der Waals surface area contributed by atoms with Crippen molar-refractivity contribution in [2.24, 2.45) is 0 Å². The van der Waals surface area contributed by atoms with Crippen molar-refractivity contribution in [2.75, 3.05) is 16.8 Å². The first-order chi connectivity index (χ1) is 12.2. The van der Waals surface area contributed by atoms with Gasteiger partial charge in [-0.15, -0.1) is 0 Å². The predicted molar refractivity (Wildman–Crippen MR) is 92.1 cm³/mol. The van der Waals surface area contributed by atoms with E-state index in [1.54, 1.807) is 10.7 Å². The van der Waals surface area contributed by atoms with Gasteiger partial charge in [0, 0.05) is 13.0 Å². The molecule has 0 bridgehead atoms. The summed E-state index contributed by atoms with van der Waals surface area (Å²) in [4.78, 5) is 18.3. The lowest BCUT2D eigenvalue weighted by Gasteiger charge is -2.23. The van der Waals surface area contributed by atoms with E-state index in [-0.39, 0.29) is 11.7 Å². The lowest BCUT2D eigenvalue weighted by molar-refractivity contribution is -0.115. The number of carbonyl (C=O) groups is 1. The van der Waals surface area contributed by atoms with Gasteiger partial charge in [-0.3, -0.25) is 4.79 Å². The predicted octanol–water partition coefficient (Wildman–Crippen LogP) is 2.76. The fraction of sp³-hybridized carbons (Fsp3) is 0.167. The number of amides is 1. The zero-order valence-corrected chi connectivity index (χ0v) is 13.4. The average molecular weight is 337 g/mol. The van der Waals surface area contributed by atoms with E-state index in [0.29, 0.717) is 25.2 Å². The van der Waals surface area contributed by atoms with E-state index in [4.69, 9.17) is 0 Å². The van der Waals surface area contributed by atoms with Gasteiger partial charge in [-0.05, 0) is 30.3 Å². The average Bonchev–Trinajstić information content (AvgIpc) is 3.02. The van der Waals surface area contributed by atoms with Gasteiger partial charge in [0.15, 0.2) is 5.82 Å². The Morgan fingerprint density at radius 2 is 2.00 bits per heavy atom. The Bertz CT molecular complexity index is 909. The van der Waals surface area contributed by atoms with Crippen LogP contribution >= 0.6 is 0 Å². The maximum atomic E-state index is 13.5. The fourth-order valence-corrected chi connectivity index (χ4v) is 2.95. The lowest BCUT2D eigenvalue weighted by atomic mass is 10.2. The Balaban J connectivity index is 1.68. The molecule has 0 saturated heterocycles. The highest BCUT2D eigenvalue weighted by atomic mass is 19.1. The van der Waals surface area contributed by atoms with Crippen LogP contribution in [-0.2, 0) is 11.3 Å². The molecule has 1 N–H and O–H groups in total. The zero-order chi connectivity index (χ0) is 17.2. The van der Waals surface area contributed by atoms with Crippen LogP contribution in [0.3, 0.4) is 0 Å². The Kier molecular flexibility index (Phi) is 3.89. The normalized spacial score (nSPS) is 14.0. The summed E-state index contributed by atoms with van der Waals surface area (Å²) in [5, 5.41) is 7.05. The number of hydrogen-bond donors (Lipinski definition) is 1. The zero-order valence-electron chi connectivity index (χ0n) is 13.4. The summed E-state index contributed by atoms with van der Waals surface area (Å²) in [6, 6.07) is 14.1. The van der Waals surface area contributed by atoms with E-state index < -0.39 is 0 Å². The van der Waals surface area contributed by atoms with Crippen molar-refractivity contribution in [2.45, 2.75) is 13.0 Å². The Morgan fingerprint density at radius 1 is 1.16 bits per heavy atom. The second kappa shape index (κ2) is 6.35. The number of fused-ring (bicyclic) bond motifs is 1. The standard InChI is InChI=1S/C18H16FN5O/c19-13-6-7-16-15(10-13)22-18(25)8-9-23(16)11-17-20-12-21-24(17)14-4-2-1-3-5-14/h1-7,10,12H,8-9,11H2,(H,22,25). The minimum absolute atomic E-state index is 0.126. The van der Waals surface area contributed by atoms with Gasteiger partial charge in [-0.2, -0.15) is 5.10 Å². The van der Waals surface area contributed by atoms with Crippen molar-refractivity contribution < 1.29 is 9.18 Å². The van der Waals surface area contributed by atoms with Crippen LogP contribution in [0.1, 0.15) is 12.2 Å². The van der Waals surface area contributed by atoms with E-state index in [2.05, 4.69) is 15.4 Å². The van der Waals surface area contributed by atoms with E-state index in [0.717, 1.165) is 17.2 Å². The molecule has 2 heterocycles. The minimum atomic E-state index is -0.381. The first kappa shape index (κ1) is 15.3. The third-order valence-corrected chi connectivity index (χ3v) is 4.13. The molecule has 7 heteroatoms. The molecule has 2 aromatic carbocycles. The summed E-state index contributed by atoms with van der Waals surface area (Å²) in [5.74, 6) is 0.239. The lowest BCUT2D eigenvalue weighted by Crippen LogP contribution is -2.26. The number of carbonyl (C=O) groups excluding carboxylic acids is 1. The molecule has 1 aromatic heterocycles. The maximum absolute atomic E-state index is 13.5. The molecule has 25 heavy (non-hydrogen) atoms. The number of nitrogens with zero attached hydrogens (tertiary/aromatic N) is 4. The topological polar surface area (TPSA) is 63.1 Å². The highest BCUT2D eigenvalue weighted by Crippen LogP contribution is 2.30. The number of anilines is 2. The summed E-state index contributed by atoms with van der Waals surface area (Å²) >= 11 is 0. The largest absolute Gasteiger partial charge is 0.362 e. The molecular formula is C18H16FN5O. The number of rotatable bonds is 3. The number of para-hydroxylation sites is 1. The monoisotopic (exact) mass is 337 g/mol. The smallest absolute Gasteiger partial charge is 0.226 e. The summed E-state index contributed by atoms with van der Waals surface area (Å²) in [6.07, 6.45) is 1.84. The molecular weight excluding hydrogens is 321 g/mol. The highest BCUT2D eigenvalue weighted by molar-refractivity contribution is 5.96. The van der Waals surface area contributed by atoms with Gasteiger partial charge in [-0.1, -0.05) is 18.2 Å². The van der Waals surface area contributed by atoms with Crippen LogP contribution in [0.2, 0.25) is 0 Å². The molecule has 126 valence electrons. The van der Waals surface area contributed by atoms with Crippen LogP contribution < -0.4 is 10.2 Å². The van der Waals surface area contributed by atoms with Crippen LogP contribution in [0.15, 0.2) is 54.9 Å². The number of aromatic nitrogens is 3. The number of nitrogens with one attached hydrogen (secondary N) is 1. The molecule has 4 rings (SSSR count). The minimum Gasteiger partial charge on any atom is -0.362 e. The highest BCUT2D eigenvalue weighted by Gasteiger charge is 2.21. The van der Waals surface area contributed by atoms with Crippen LogP contribution in [0.4, 0.5) is 15.8 Å². The molecule has 0 unspecified atom stereocenters. The van der Waals surface area contributed by atoms with E-state index in [1.165, 1.54) is 18.5 Å². The van der Waals surface area contributed by atoms with Crippen molar-refractivity contribution in [1.29, 1.82) is 0 Å². The number of benzene rings is 2. The van der Waals surface area contributed by atoms with Crippen molar-refractivity contribution in [1.82, 2.24) is 14.8 Å². The van der Waals surface area contributed by atoms with Crippen molar-refractivity contribution in [3.8, 4) is 5.69 Å². The fourth-order valence-electron chi connectivity index (χ4n) is 2.95. The summed E-state index contributed by atoms with van der Waals surface area (Å²) < 4.78 is 15.3. The van der Waals surface area contributed by atoms with Crippen molar-refractivity contribution >= 4 is 17.3 Å². The van der Waals surface area contributed by atoms with Crippen molar-refractivity contribution in [3.05, 3.63) is 66.5 Å². The first-order valence-corrected chi connectivity index (χ1v) is 7.99. The van der Waals surface area contributed by atoms with Crippen LogP contribution in [-0.4, -0.2) is 27.2 Å². The molecule has 1 aliphatic rings. The van der Waals surface area contributed by atoms with Gasteiger partial charge in [0.25, 0.3) is 0 Å². The van der Waals surface area contributed by atoms with Crippen LogP contribution in [0.5, 0.6) is 0 Å². The summed E-state index contributed by atoms with van der Waals surface area (Å²) in [5.41, 5.74) is 2.17. The van der Waals surface area contributed by atoms with Crippen LogP contribution in [0.25, 0.3) is 5.69 Å². The SMILES string of the molecule is O=C1CCN(Cc2ncnn2-c2ccccc2)c2ccc(F)cc2N1. The number of halogens is 1. The molecule has 1 amide bonds. The summed E-state index contributed by atoms with van der Waals surface area (Å²) in [6.45, 7) is 0.981. The Labute approximate surface area is 143 Å². The maximum Gasteiger partial charge on any atom is 0.226 e. The number of hydrogen-bond acceptors (Lipinski definition) is 4. The first-order valence-electron chi connectivity index (χ1n) is 7.99. The van der Waals surface area contributed by atoms with Gasteiger partial charge < -0.3 is 10.2 Å². The van der Waals surface area contributed by atoms with E-state index in [9.17, 15) is 9.18 Å². The van der Waals surface area contributed by atoms with Gasteiger partial charge in [0.05, 0.1) is 23.6 Å². The molecule has 0 radical (unpaired) electrons. The van der Waals surface area contributed by atoms with Gasteiger partial charge in [0.2, 0.25) is 5.91 Å².